The van der Waals surface area contributed by atoms with E-state index in [2.05, 4.69) is 44.8 Å². The summed E-state index contributed by atoms with van der Waals surface area (Å²) in [4.78, 5) is 2.76. The maximum atomic E-state index is 3.71. The summed E-state index contributed by atoms with van der Waals surface area (Å²) in [6.45, 7) is 15.2. The van der Waals surface area contributed by atoms with Crippen molar-refractivity contribution >= 4 is 0 Å². The van der Waals surface area contributed by atoms with Crippen molar-refractivity contribution in [1.29, 1.82) is 0 Å². The van der Waals surface area contributed by atoms with Crippen LogP contribution in [0.2, 0.25) is 0 Å². The van der Waals surface area contributed by atoms with Gasteiger partial charge in [-0.15, -0.1) is 0 Å². The molecule has 1 saturated carbocycles. The Kier molecular flexibility index (Phi) is 7.38. The van der Waals surface area contributed by atoms with Crippen LogP contribution in [-0.2, 0) is 0 Å². The van der Waals surface area contributed by atoms with Crippen LogP contribution in [0.25, 0.3) is 0 Å². The minimum atomic E-state index is 0.291. The highest BCUT2D eigenvalue weighted by Gasteiger charge is 2.22. The molecule has 1 N–H and O–H groups in total. The molecule has 0 aliphatic heterocycles. The van der Waals surface area contributed by atoms with Crippen LogP contribution < -0.4 is 5.32 Å². The highest BCUT2D eigenvalue weighted by molar-refractivity contribution is 4.80. The van der Waals surface area contributed by atoms with Crippen molar-refractivity contribution in [2.45, 2.75) is 84.7 Å². The van der Waals surface area contributed by atoms with E-state index in [9.17, 15) is 0 Å². The van der Waals surface area contributed by atoms with Crippen molar-refractivity contribution in [2.75, 3.05) is 19.6 Å². The van der Waals surface area contributed by atoms with Crippen LogP contribution in [0, 0.1) is 5.92 Å². The summed E-state index contributed by atoms with van der Waals surface area (Å²) < 4.78 is 0. The molecule has 0 aromatic carbocycles. The summed E-state index contributed by atoms with van der Waals surface area (Å²) in [6, 6.07) is 0.866. The van der Waals surface area contributed by atoms with Crippen molar-refractivity contribution in [3.63, 3.8) is 0 Å². The first kappa shape index (κ1) is 17.0. The SMILES string of the molecule is CCC(C)(C)NCCN(CCC(C)C)C1CCCC1. The maximum Gasteiger partial charge on any atom is 0.0123 e. The summed E-state index contributed by atoms with van der Waals surface area (Å²) in [5.41, 5.74) is 0.291. The average molecular weight is 268 g/mol. The Hall–Kier alpha value is -0.0800. The second kappa shape index (κ2) is 8.26. The zero-order valence-corrected chi connectivity index (χ0v) is 14.0. The summed E-state index contributed by atoms with van der Waals surface area (Å²) >= 11 is 0. The zero-order valence-electron chi connectivity index (χ0n) is 14.0. The van der Waals surface area contributed by atoms with Gasteiger partial charge in [-0.25, -0.2) is 0 Å². The maximum absolute atomic E-state index is 3.71. The molecule has 1 rings (SSSR count). The molecule has 19 heavy (non-hydrogen) atoms. The molecular formula is C17H36N2. The van der Waals surface area contributed by atoms with Gasteiger partial charge in [0.05, 0.1) is 0 Å². The van der Waals surface area contributed by atoms with Gasteiger partial charge in [-0.2, -0.15) is 0 Å². The van der Waals surface area contributed by atoms with E-state index in [0.717, 1.165) is 18.5 Å². The third kappa shape index (κ3) is 6.76. The highest BCUT2D eigenvalue weighted by atomic mass is 15.2. The first-order chi connectivity index (χ1) is 8.94. The molecule has 0 heterocycles. The third-order valence-electron chi connectivity index (χ3n) is 4.72. The van der Waals surface area contributed by atoms with Crippen LogP contribution in [0.15, 0.2) is 0 Å². The molecule has 0 atom stereocenters. The minimum absolute atomic E-state index is 0.291. The number of nitrogens with zero attached hydrogens (tertiary/aromatic N) is 1. The number of nitrogens with one attached hydrogen (secondary N) is 1. The van der Waals surface area contributed by atoms with Crippen molar-refractivity contribution in [3.8, 4) is 0 Å². The van der Waals surface area contributed by atoms with Gasteiger partial charge < -0.3 is 5.32 Å². The van der Waals surface area contributed by atoms with Crippen molar-refractivity contribution in [3.05, 3.63) is 0 Å². The monoisotopic (exact) mass is 268 g/mol. The lowest BCUT2D eigenvalue weighted by Crippen LogP contribution is -2.45. The average Bonchev–Trinajstić information content (AvgIpc) is 2.86. The summed E-state index contributed by atoms with van der Waals surface area (Å²) in [5, 5.41) is 3.71. The summed E-state index contributed by atoms with van der Waals surface area (Å²) in [7, 11) is 0. The molecule has 1 fully saturated rings. The normalized spacial score (nSPS) is 17.8. The molecule has 0 spiro atoms. The Balaban J connectivity index is 2.35. The first-order valence-electron chi connectivity index (χ1n) is 8.43. The van der Waals surface area contributed by atoms with Crippen LogP contribution in [-0.4, -0.2) is 36.1 Å². The van der Waals surface area contributed by atoms with E-state index in [0.29, 0.717) is 5.54 Å². The lowest BCUT2D eigenvalue weighted by Gasteiger charge is -2.32. The second-order valence-electron chi connectivity index (χ2n) is 7.32. The van der Waals surface area contributed by atoms with Gasteiger partial charge in [0, 0.05) is 24.7 Å². The van der Waals surface area contributed by atoms with E-state index in [4.69, 9.17) is 0 Å². The van der Waals surface area contributed by atoms with Crippen LogP contribution in [0.5, 0.6) is 0 Å². The van der Waals surface area contributed by atoms with Crippen molar-refractivity contribution in [1.82, 2.24) is 10.2 Å². The van der Waals surface area contributed by atoms with E-state index in [1.807, 2.05) is 0 Å². The predicted molar refractivity (Wildman–Crippen MR) is 85.7 cm³/mol. The number of hydrogen-bond donors (Lipinski definition) is 1. The van der Waals surface area contributed by atoms with Gasteiger partial charge in [-0.1, -0.05) is 33.6 Å². The molecule has 114 valence electrons. The van der Waals surface area contributed by atoms with Crippen LogP contribution >= 0.6 is 0 Å². The Morgan fingerprint density at radius 3 is 2.32 bits per heavy atom. The molecule has 0 aromatic rings. The largest absolute Gasteiger partial charge is 0.311 e. The van der Waals surface area contributed by atoms with Crippen LogP contribution in [0.4, 0.5) is 0 Å². The van der Waals surface area contributed by atoms with Gasteiger partial charge in [0.1, 0.15) is 0 Å². The Morgan fingerprint density at radius 1 is 1.16 bits per heavy atom. The fourth-order valence-corrected chi connectivity index (χ4v) is 2.83. The molecule has 0 radical (unpaired) electrons. The van der Waals surface area contributed by atoms with Gasteiger partial charge in [-0.05, 0) is 52.0 Å². The predicted octanol–water partition coefficient (Wildman–Crippen LogP) is 4.06. The van der Waals surface area contributed by atoms with Gasteiger partial charge in [0.2, 0.25) is 0 Å². The quantitative estimate of drug-likeness (QED) is 0.678. The lowest BCUT2D eigenvalue weighted by atomic mass is 10.0. The lowest BCUT2D eigenvalue weighted by molar-refractivity contribution is 0.182. The smallest absolute Gasteiger partial charge is 0.0123 e. The molecule has 0 aromatic heterocycles. The molecule has 0 bridgehead atoms. The molecule has 2 nitrogen and oxygen atoms in total. The van der Waals surface area contributed by atoms with E-state index >= 15 is 0 Å². The van der Waals surface area contributed by atoms with Crippen molar-refractivity contribution < 1.29 is 0 Å². The minimum Gasteiger partial charge on any atom is -0.311 e. The second-order valence-corrected chi connectivity index (χ2v) is 7.32. The van der Waals surface area contributed by atoms with Gasteiger partial charge in [0.15, 0.2) is 0 Å². The molecule has 1 aliphatic rings. The third-order valence-corrected chi connectivity index (χ3v) is 4.72. The first-order valence-corrected chi connectivity index (χ1v) is 8.43. The Bertz CT molecular complexity index is 229. The fraction of sp³-hybridized carbons (Fsp3) is 1.00. The molecule has 1 aliphatic carbocycles. The molecule has 2 heteroatoms. The fourth-order valence-electron chi connectivity index (χ4n) is 2.83. The van der Waals surface area contributed by atoms with Crippen LogP contribution in [0.1, 0.15) is 73.1 Å². The summed E-state index contributed by atoms with van der Waals surface area (Å²) in [5.74, 6) is 0.823. The summed E-state index contributed by atoms with van der Waals surface area (Å²) in [6.07, 6.45) is 8.27. The van der Waals surface area contributed by atoms with Gasteiger partial charge >= 0.3 is 0 Å². The van der Waals surface area contributed by atoms with E-state index in [1.54, 1.807) is 0 Å². The molecular weight excluding hydrogens is 232 g/mol. The Morgan fingerprint density at radius 2 is 1.79 bits per heavy atom. The van der Waals surface area contributed by atoms with Crippen LogP contribution in [0.3, 0.4) is 0 Å². The van der Waals surface area contributed by atoms with Gasteiger partial charge in [-0.3, -0.25) is 4.90 Å². The van der Waals surface area contributed by atoms with E-state index in [1.165, 1.54) is 51.6 Å². The molecule has 0 amide bonds. The Labute approximate surface area is 121 Å². The molecule has 0 saturated heterocycles. The van der Waals surface area contributed by atoms with E-state index < -0.39 is 0 Å². The standard InChI is InChI=1S/C17H36N2/c1-6-17(4,5)18-12-14-19(13-11-15(2)3)16-9-7-8-10-16/h15-16,18H,6-14H2,1-5H3. The molecule has 0 unspecified atom stereocenters. The number of rotatable bonds is 9. The van der Waals surface area contributed by atoms with Crippen molar-refractivity contribution in [2.24, 2.45) is 5.92 Å². The van der Waals surface area contributed by atoms with E-state index in [-0.39, 0.29) is 0 Å². The number of hydrogen-bond acceptors (Lipinski definition) is 2. The van der Waals surface area contributed by atoms with Gasteiger partial charge in [0.25, 0.3) is 0 Å². The highest BCUT2D eigenvalue weighted by Crippen LogP contribution is 2.24. The zero-order chi connectivity index (χ0) is 14.3. The topological polar surface area (TPSA) is 15.3 Å².